The molecule has 1 aromatic carbocycles. The highest BCUT2D eigenvalue weighted by molar-refractivity contribution is 7.80. The van der Waals surface area contributed by atoms with Crippen LogP contribution < -0.4 is 10.2 Å². The minimum absolute atomic E-state index is 0.0506. The maximum absolute atomic E-state index is 13.3. The lowest BCUT2D eigenvalue weighted by Crippen LogP contribution is -2.49. The molecule has 0 amide bonds. The monoisotopic (exact) mass is 605 g/mol. The normalized spacial score (nSPS) is 20.1. The van der Waals surface area contributed by atoms with Crippen LogP contribution in [-0.2, 0) is 17.1 Å². The Morgan fingerprint density at radius 1 is 1.02 bits per heavy atom. The molecule has 2 aromatic rings. The van der Waals surface area contributed by atoms with E-state index in [0.29, 0.717) is 43.6 Å². The maximum atomic E-state index is 13.3. The first-order valence-corrected chi connectivity index (χ1v) is 13.5. The summed E-state index contributed by atoms with van der Waals surface area (Å²) in [6.07, 6.45) is -5.36. The molecule has 1 aliphatic heterocycles. The lowest BCUT2D eigenvalue weighted by Gasteiger charge is -2.37. The van der Waals surface area contributed by atoms with Gasteiger partial charge in [-0.05, 0) is 55.9 Å². The van der Waals surface area contributed by atoms with E-state index in [1.807, 2.05) is 9.80 Å². The topological polar surface area (TPSA) is 83.8 Å². The van der Waals surface area contributed by atoms with Gasteiger partial charge in [0.2, 0.25) is 0 Å². The molecule has 0 spiro atoms. The number of nitrogens with one attached hydrogen (secondary N) is 1. The number of alkyl halides is 6. The minimum Gasteiger partial charge on any atom is -0.382 e. The van der Waals surface area contributed by atoms with Gasteiger partial charge in [-0.3, -0.25) is 10.1 Å². The Labute approximate surface area is 237 Å². The molecule has 1 saturated heterocycles. The van der Waals surface area contributed by atoms with Gasteiger partial charge in [-0.1, -0.05) is 12.2 Å². The van der Waals surface area contributed by atoms with Gasteiger partial charge in [0.15, 0.2) is 0 Å². The van der Waals surface area contributed by atoms with E-state index < -0.39 is 34.1 Å². The number of nitro groups is 1. The van der Waals surface area contributed by atoms with Crippen LogP contribution in [0, 0.1) is 16.0 Å². The van der Waals surface area contributed by atoms with Crippen LogP contribution in [0.1, 0.15) is 36.8 Å². The molecule has 41 heavy (non-hydrogen) atoms. The van der Waals surface area contributed by atoms with Crippen molar-refractivity contribution in [3.63, 3.8) is 0 Å². The number of rotatable bonds is 8. The number of hydrogen-bond donors (Lipinski definition) is 1. The first-order valence-electron chi connectivity index (χ1n) is 13.1. The maximum Gasteiger partial charge on any atom is 0.423 e. The van der Waals surface area contributed by atoms with Crippen molar-refractivity contribution in [2.45, 2.75) is 44.1 Å². The Hall–Kier alpha value is -3.20. The quantitative estimate of drug-likeness (QED) is 0.166. The minimum atomic E-state index is -4.83. The summed E-state index contributed by atoms with van der Waals surface area (Å²) in [4.78, 5) is 18.4. The summed E-state index contributed by atoms with van der Waals surface area (Å²) < 4.78 is 83.9. The van der Waals surface area contributed by atoms with Crippen molar-refractivity contribution in [2.24, 2.45) is 5.92 Å². The Morgan fingerprint density at radius 3 is 2.27 bits per heavy atom. The van der Waals surface area contributed by atoms with Crippen molar-refractivity contribution in [3.05, 3.63) is 57.8 Å². The van der Waals surface area contributed by atoms with Gasteiger partial charge in [-0.25, -0.2) is 4.98 Å². The molecule has 15 heteroatoms. The second kappa shape index (κ2) is 12.8. The summed E-state index contributed by atoms with van der Waals surface area (Å²) in [6.45, 7) is 3.09. The number of halogens is 6. The highest BCUT2D eigenvalue weighted by Gasteiger charge is 2.38. The summed E-state index contributed by atoms with van der Waals surface area (Å²) in [5.41, 5.74) is -2.84. The van der Waals surface area contributed by atoms with E-state index >= 15 is 0 Å². The summed E-state index contributed by atoms with van der Waals surface area (Å²) in [6, 6.07) is 5.30. The summed E-state index contributed by atoms with van der Waals surface area (Å²) >= 11 is 5.52. The molecule has 1 aliphatic carbocycles. The first-order chi connectivity index (χ1) is 19.3. The molecule has 0 bridgehead atoms. The number of piperazine rings is 1. The third-order valence-electron chi connectivity index (χ3n) is 7.33. The lowest BCUT2D eigenvalue weighted by atomic mass is 9.86. The van der Waals surface area contributed by atoms with Crippen LogP contribution in [0.25, 0.3) is 0 Å². The van der Waals surface area contributed by atoms with Gasteiger partial charge in [0, 0.05) is 56.8 Å². The van der Waals surface area contributed by atoms with Crippen LogP contribution in [0.3, 0.4) is 0 Å². The summed E-state index contributed by atoms with van der Waals surface area (Å²) in [5, 5.41) is 14.0. The van der Waals surface area contributed by atoms with Crippen LogP contribution >= 0.6 is 12.2 Å². The Bertz CT molecular complexity index is 1210. The fourth-order valence-corrected chi connectivity index (χ4v) is 5.32. The highest BCUT2D eigenvalue weighted by atomic mass is 32.1. The molecule has 0 radical (unpaired) electrons. The predicted octanol–water partition coefficient (Wildman–Crippen LogP) is 6.16. The number of benzene rings is 1. The van der Waals surface area contributed by atoms with E-state index in [9.17, 15) is 36.5 Å². The number of ether oxygens (including phenoxy) is 1. The summed E-state index contributed by atoms with van der Waals surface area (Å²) in [5.74, 6) is 0.764. The van der Waals surface area contributed by atoms with Gasteiger partial charge < -0.3 is 19.9 Å². The number of hydrogen-bond acceptors (Lipinski definition) is 7. The standard InChI is InChI=1S/C26H29F6N5O3S/c27-25(28,29)18-3-8-23(33-14-18)35-9-11-36(12-10-35)24(41)16-40-15-17-1-4-19(5-2-17)34-20-6-7-22(37(38)39)21(13-20)26(30,31)32/h3,6-8,13-14,17,19,34H,1-2,4-5,9-12,15-16H2. The number of nitrogens with zero attached hydrogens (tertiary/aromatic N) is 4. The van der Waals surface area contributed by atoms with Crippen LogP contribution in [0.2, 0.25) is 0 Å². The van der Waals surface area contributed by atoms with Crippen molar-refractivity contribution in [3.8, 4) is 0 Å². The van der Waals surface area contributed by atoms with Crippen molar-refractivity contribution < 1.29 is 36.0 Å². The molecule has 224 valence electrons. The molecule has 1 saturated carbocycles. The zero-order chi connectivity index (χ0) is 29.8. The van der Waals surface area contributed by atoms with Gasteiger partial charge in [0.05, 0.1) is 17.1 Å². The number of aromatic nitrogens is 1. The fourth-order valence-electron chi connectivity index (χ4n) is 5.05. The van der Waals surface area contributed by atoms with E-state index in [1.165, 1.54) is 12.1 Å². The van der Waals surface area contributed by atoms with Crippen molar-refractivity contribution >= 4 is 34.4 Å². The van der Waals surface area contributed by atoms with E-state index in [2.05, 4.69) is 10.3 Å². The van der Waals surface area contributed by atoms with Crippen molar-refractivity contribution in [2.75, 3.05) is 49.6 Å². The number of nitro benzene ring substituents is 1. The van der Waals surface area contributed by atoms with Gasteiger partial charge in [0.1, 0.15) is 16.4 Å². The van der Waals surface area contributed by atoms with Gasteiger partial charge in [-0.2, -0.15) is 26.3 Å². The molecule has 0 unspecified atom stereocenters. The first kappa shape index (κ1) is 30.8. The molecular weight excluding hydrogens is 576 g/mol. The molecule has 1 aromatic heterocycles. The van der Waals surface area contributed by atoms with Crippen LogP contribution in [0.15, 0.2) is 36.5 Å². The third-order valence-corrected chi connectivity index (χ3v) is 7.70. The van der Waals surface area contributed by atoms with Crippen LogP contribution in [-0.4, -0.2) is 65.2 Å². The molecule has 2 heterocycles. The predicted molar refractivity (Wildman–Crippen MR) is 144 cm³/mol. The molecule has 2 fully saturated rings. The van der Waals surface area contributed by atoms with Gasteiger partial charge in [0.25, 0.3) is 5.69 Å². The second-order valence-corrected chi connectivity index (χ2v) is 10.6. The molecule has 8 nitrogen and oxygen atoms in total. The Kier molecular flexibility index (Phi) is 9.57. The molecular formula is C26H29F6N5O3S. The fraction of sp³-hybridized carbons (Fsp3) is 0.538. The van der Waals surface area contributed by atoms with E-state index in [1.54, 1.807) is 0 Å². The SMILES string of the molecule is O=[N+]([O-])c1ccc(NC2CCC(COCC(=S)N3CCN(c4ccc(C(F)(F)F)cn4)CC3)CC2)cc1C(F)(F)F. The van der Waals surface area contributed by atoms with Crippen molar-refractivity contribution in [1.29, 1.82) is 0 Å². The zero-order valence-electron chi connectivity index (χ0n) is 21.9. The average molecular weight is 606 g/mol. The number of pyridine rings is 1. The Balaban J connectivity index is 1.16. The zero-order valence-corrected chi connectivity index (χ0v) is 22.7. The molecule has 2 aliphatic rings. The van der Waals surface area contributed by atoms with E-state index in [-0.39, 0.29) is 24.3 Å². The van der Waals surface area contributed by atoms with Crippen LogP contribution in [0.5, 0.6) is 0 Å². The molecule has 0 atom stereocenters. The largest absolute Gasteiger partial charge is 0.423 e. The third kappa shape index (κ3) is 8.18. The van der Waals surface area contributed by atoms with Crippen LogP contribution in [0.4, 0.5) is 43.5 Å². The second-order valence-electron chi connectivity index (χ2n) is 10.1. The van der Waals surface area contributed by atoms with E-state index in [0.717, 1.165) is 50.1 Å². The molecule has 1 N–H and O–H groups in total. The number of anilines is 2. The lowest BCUT2D eigenvalue weighted by molar-refractivity contribution is -0.388. The molecule has 4 rings (SSSR count). The van der Waals surface area contributed by atoms with Gasteiger partial charge >= 0.3 is 12.4 Å². The Morgan fingerprint density at radius 2 is 1.71 bits per heavy atom. The van der Waals surface area contributed by atoms with Crippen molar-refractivity contribution in [1.82, 2.24) is 9.88 Å². The highest BCUT2D eigenvalue weighted by Crippen LogP contribution is 2.38. The average Bonchev–Trinajstić information content (AvgIpc) is 2.93. The summed E-state index contributed by atoms with van der Waals surface area (Å²) in [7, 11) is 0. The smallest absolute Gasteiger partial charge is 0.382 e. The van der Waals surface area contributed by atoms with E-state index in [4.69, 9.17) is 17.0 Å². The number of thiocarbonyl (C=S) groups is 1. The van der Waals surface area contributed by atoms with Gasteiger partial charge in [-0.15, -0.1) is 0 Å².